The highest BCUT2D eigenvalue weighted by atomic mass is 32.1. The van der Waals surface area contributed by atoms with Gasteiger partial charge in [0.05, 0.1) is 17.0 Å². The van der Waals surface area contributed by atoms with Crippen molar-refractivity contribution in [1.29, 1.82) is 0 Å². The van der Waals surface area contributed by atoms with Crippen LogP contribution in [0.25, 0.3) is 21.0 Å². The smallest absolute Gasteiger partial charge is 0.244 e. The minimum absolute atomic E-state index is 0.0627. The Balaban J connectivity index is 1.13. The normalized spacial score (nSPS) is 26.1. The van der Waals surface area contributed by atoms with E-state index in [0.29, 0.717) is 6.42 Å². The molecule has 0 unspecified atom stereocenters. The molecule has 36 heavy (non-hydrogen) atoms. The van der Waals surface area contributed by atoms with E-state index in [2.05, 4.69) is 42.0 Å². The van der Waals surface area contributed by atoms with E-state index in [1.54, 1.807) is 11.3 Å². The lowest BCUT2D eigenvalue weighted by atomic mass is 9.49. The van der Waals surface area contributed by atoms with Gasteiger partial charge in [-0.15, -0.1) is 11.3 Å². The molecule has 5 nitrogen and oxygen atoms in total. The molecule has 4 aliphatic rings. The van der Waals surface area contributed by atoms with E-state index in [0.717, 1.165) is 44.5 Å². The number of carbonyl (C=O) groups excluding carboxylic acids is 2. The summed E-state index contributed by atoms with van der Waals surface area (Å²) in [5.41, 5.74) is 9.55. The Labute approximate surface area is 216 Å². The number of hydrogen-bond donors (Lipinski definition) is 2. The lowest BCUT2D eigenvalue weighted by Gasteiger charge is -2.56. The van der Waals surface area contributed by atoms with Crippen LogP contribution in [-0.4, -0.2) is 16.8 Å². The van der Waals surface area contributed by atoms with E-state index in [-0.39, 0.29) is 23.7 Å². The van der Waals surface area contributed by atoms with Crippen LogP contribution < -0.4 is 10.9 Å². The summed E-state index contributed by atoms with van der Waals surface area (Å²) in [5.74, 6) is 2.12. The molecule has 7 rings (SSSR count). The van der Waals surface area contributed by atoms with Crippen LogP contribution in [0.15, 0.2) is 54.6 Å². The molecule has 6 heteroatoms. The van der Waals surface area contributed by atoms with Gasteiger partial charge in [0.25, 0.3) is 0 Å². The largest absolute Gasteiger partial charge is 0.273 e. The minimum atomic E-state index is -0.243. The van der Waals surface area contributed by atoms with Gasteiger partial charge < -0.3 is 0 Å². The van der Waals surface area contributed by atoms with Gasteiger partial charge in [-0.3, -0.25) is 20.4 Å². The van der Waals surface area contributed by atoms with Crippen molar-refractivity contribution in [1.82, 2.24) is 15.8 Å². The van der Waals surface area contributed by atoms with Crippen molar-refractivity contribution in [2.24, 2.45) is 23.2 Å². The number of aromatic nitrogens is 1. The van der Waals surface area contributed by atoms with Crippen LogP contribution >= 0.6 is 11.3 Å². The molecular weight excluding hydrogens is 466 g/mol. The molecule has 4 bridgehead atoms. The molecule has 0 saturated heterocycles. The number of nitrogens with zero attached hydrogens (tertiary/aromatic N) is 1. The first-order valence-electron chi connectivity index (χ1n) is 13.1. The number of benzene rings is 2. The third-order valence-electron chi connectivity index (χ3n) is 8.40. The van der Waals surface area contributed by atoms with Crippen LogP contribution in [0, 0.1) is 30.1 Å². The molecule has 4 saturated carbocycles. The third kappa shape index (κ3) is 4.83. The molecule has 0 radical (unpaired) electrons. The summed E-state index contributed by atoms with van der Waals surface area (Å²) in [6, 6.07) is 18.3. The van der Waals surface area contributed by atoms with Gasteiger partial charge in [0, 0.05) is 12.0 Å². The highest BCUT2D eigenvalue weighted by molar-refractivity contribution is 7.18. The van der Waals surface area contributed by atoms with Crippen LogP contribution in [0.1, 0.15) is 56.2 Å². The Morgan fingerprint density at radius 1 is 0.861 bits per heavy atom. The molecule has 2 aromatic carbocycles. The van der Waals surface area contributed by atoms with E-state index >= 15 is 0 Å². The number of nitrogens with one attached hydrogen (secondary N) is 2. The molecule has 1 aromatic heterocycles. The Bertz CT molecular complexity index is 1230. The van der Waals surface area contributed by atoms with Crippen LogP contribution in [0.3, 0.4) is 0 Å². The SMILES string of the molecule is Cc1ccc(-c2sc(-c3ccccc3)nc2CC(=O)NNC(=O)CC23CC4CC(CC(C4)C2)C3)cc1. The highest BCUT2D eigenvalue weighted by Gasteiger charge is 2.51. The first kappa shape index (κ1) is 23.4. The maximum absolute atomic E-state index is 12.9. The maximum atomic E-state index is 12.9. The van der Waals surface area contributed by atoms with Gasteiger partial charge in [-0.05, 0) is 74.2 Å². The van der Waals surface area contributed by atoms with Gasteiger partial charge in [0.1, 0.15) is 5.01 Å². The Hall–Kier alpha value is -2.99. The van der Waals surface area contributed by atoms with Gasteiger partial charge in [0.15, 0.2) is 0 Å². The number of hydrogen-bond acceptors (Lipinski definition) is 4. The molecule has 3 aromatic rings. The summed E-state index contributed by atoms with van der Waals surface area (Å²) < 4.78 is 0. The number of aryl methyl sites for hydroxylation is 1. The number of amides is 2. The average molecular weight is 500 g/mol. The van der Waals surface area contributed by atoms with E-state index < -0.39 is 0 Å². The zero-order chi connectivity index (χ0) is 24.7. The van der Waals surface area contributed by atoms with E-state index in [1.165, 1.54) is 44.1 Å². The Morgan fingerprint density at radius 3 is 2.11 bits per heavy atom. The van der Waals surface area contributed by atoms with Gasteiger partial charge in [0.2, 0.25) is 11.8 Å². The summed E-state index contributed by atoms with van der Waals surface area (Å²) in [6.07, 6.45) is 8.27. The fourth-order valence-electron chi connectivity index (χ4n) is 7.33. The first-order valence-corrected chi connectivity index (χ1v) is 14.0. The second-order valence-electron chi connectivity index (χ2n) is 11.4. The zero-order valence-corrected chi connectivity index (χ0v) is 21.6. The van der Waals surface area contributed by atoms with Crippen molar-refractivity contribution in [3.05, 3.63) is 65.9 Å². The van der Waals surface area contributed by atoms with Gasteiger partial charge in [-0.25, -0.2) is 4.98 Å². The number of hydrazine groups is 1. The molecule has 4 fully saturated rings. The monoisotopic (exact) mass is 499 g/mol. The van der Waals surface area contributed by atoms with Gasteiger partial charge >= 0.3 is 0 Å². The molecule has 0 aliphatic heterocycles. The van der Waals surface area contributed by atoms with Crippen LogP contribution in [-0.2, 0) is 16.0 Å². The second kappa shape index (κ2) is 9.47. The standard InChI is InChI=1S/C30H33N3O2S/c1-19-7-9-23(10-8-19)28-25(31-29(36-28)24-5-3-2-4-6-24)14-26(34)32-33-27(35)18-30-15-20-11-21(16-30)13-22(12-20)17-30/h2-10,20-22H,11-18H2,1H3,(H,32,34)(H,33,35). The molecule has 0 atom stereocenters. The molecule has 2 N–H and O–H groups in total. The molecule has 4 aliphatic carbocycles. The van der Waals surface area contributed by atoms with Crippen molar-refractivity contribution in [3.63, 3.8) is 0 Å². The summed E-state index contributed by atoms with van der Waals surface area (Å²) >= 11 is 1.60. The molecule has 186 valence electrons. The number of thiazole rings is 1. The fourth-order valence-corrected chi connectivity index (χ4v) is 8.43. The van der Waals surface area contributed by atoms with Crippen LogP contribution in [0.5, 0.6) is 0 Å². The van der Waals surface area contributed by atoms with E-state index in [9.17, 15) is 9.59 Å². The summed E-state index contributed by atoms with van der Waals surface area (Å²) in [7, 11) is 0. The van der Waals surface area contributed by atoms with Gasteiger partial charge in [-0.1, -0.05) is 60.2 Å². The van der Waals surface area contributed by atoms with Crippen LogP contribution in [0.4, 0.5) is 0 Å². The molecule has 1 heterocycles. The summed E-state index contributed by atoms with van der Waals surface area (Å²) in [5, 5.41) is 0.889. The van der Waals surface area contributed by atoms with Crippen LogP contribution in [0.2, 0.25) is 0 Å². The average Bonchev–Trinajstić information content (AvgIpc) is 3.26. The quantitative estimate of drug-likeness (QED) is 0.404. The zero-order valence-electron chi connectivity index (χ0n) is 20.8. The Morgan fingerprint density at radius 2 is 1.47 bits per heavy atom. The fraction of sp³-hybridized carbons (Fsp3) is 0.433. The number of rotatable bonds is 6. The van der Waals surface area contributed by atoms with Crippen molar-refractivity contribution in [2.45, 2.75) is 58.3 Å². The number of carbonyl (C=O) groups is 2. The van der Waals surface area contributed by atoms with Crippen molar-refractivity contribution in [3.8, 4) is 21.0 Å². The highest BCUT2D eigenvalue weighted by Crippen LogP contribution is 2.61. The minimum Gasteiger partial charge on any atom is -0.273 e. The molecule has 0 spiro atoms. The Kier molecular flexibility index (Phi) is 6.16. The van der Waals surface area contributed by atoms with Gasteiger partial charge in [-0.2, -0.15) is 0 Å². The molecule has 2 amide bonds. The van der Waals surface area contributed by atoms with Crippen molar-refractivity contribution >= 4 is 23.2 Å². The maximum Gasteiger partial charge on any atom is 0.244 e. The third-order valence-corrected chi connectivity index (χ3v) is 9.60. The lowest BCUT2D eigenvalue weighted by Crippen LogP contribution is -2.50. The summed E-state index contributed by atoms with van der Waals surface area (Å²) in [6.45, 7) is 2.06. The van der Waals surface area contributed by atoms with E-state index in [4.69, 9.17) is 4.98 Å². The predicted molar refractivity (Wildman–Crippen MR) is 143 cm³/mol. The van der Waals surface area contributed by atoms with Crippen molar-refractivity contribution in [2.75, 3.05) is 0 Å². The molecular formula is C30H33N3O2S. The topological polar surface area (TPSA) is 71.1 Å². The van der Waals surface area contributed by atoms with E-state index in [1.807, 2.05) is 30.3 Å². The summed E-state index contributed by atoms with van der Waals surface area (Å²) in [4.78, 5) is 31.6. The second-order valence-corrected chi connectivity index (χ2v) is 12.4. The van der Waals surface area contributed by atoms with Crippen molar-refractivity contribution < 1.29 is 9.59 Å². The first-order chi connectivity index (χ1) is 17.4. The lowest BCUT2D eigenvalue weighted by molar-refractivity contribution is -0.134. The predicted octanol–water partition coefficient (Wildman–Crippen LogP) is 6.08.